The van der Waals surface area contributed by atoms with E-state index < -0.39 is 0 Å². The lowest BCUT2D eigenvalue weighted by molar-refractivity contribution is 0.687. The molecule has 1 heteroatoms. The number of hydrogen-bond acceptors (Lipinski definition) is 1. The van der Waals surface area contributed by atoms with Crippen molar-refractivity contribution in [3.8, 4) is 0 Å². The number of benzene rings is 2. The van der Waals surface area contributed by atoms with Gasteiger partial charge in [0.1, 0.15) is 0 Å². The zero-order chi connectivity index (χ0) is 11.9. The van der Waals surface area contributed by atoms with Crippen molar-refractivity contribution in [1.82, 2.24) is 5.32 Å². The van der Waals surface area contributed by atoms with Crippen LogP contribution in [0.15, 0.2) is 60.7 Å². The van der Waals surface area contributed by atoms with Gasteiger partial charge in [0.05, 0.1) is 0 Å². The van der Waals surface area contributed by atoms with Crippen LogP contribution in [0.1, 0.15) is 12.5 Å². The maximum absolute atomic E-state index is 7.97. The van der Waals surface area contributed by atoms with Crippen molar-refractivity contribution in [3.05, 3.63) is 71.8 Å². The van der Waals surface area contributed by atoms with Gasteiger partial charge in [-0.1, -0.05) is 60.7 Å². The summed E-state index contributed by atoms with van der Waals surface area (Å²) >= 11 is 0. The highest BCUT2D eigenvalue weighted by Gasteiger charge is 1.92. The van der Waals surface area contributed by atoms with E-state index in [0.29, 0.717) is 0 Å². The number of rotatable bonds is 5. The summed E-state index contributed by atoms with van der Waals surface area (Å²) in [7, 11) is 0. The molecule has 0 aromatic heterocycles. The molecule has 1 N–H and O–H groups in total. The zero-order valence-electron chi connectivity index (χ0n) is 10.3. The predicted octanol–water partition coefficient (Wildman–Crippen LogP) is 3.02. The van der Waals surface area contributed by atoms with Gasteiger partial charge in [0.15, 0.2) is 0 Å². The summed E-state index contributed by atoms with van der Waals surface area (Å²) < 4.78 is 7.97. The zero-order valence-corrected chi connectivity index (χ0v) is 9.27. The molecule has 0 amide bonds. The lowest BCUT2D eigenvalue weighted by atomic mass is 10.1. The van der Waals surface area contributed by atoms with Crippen molar-refractivity contribution in [2.75, 3.05) is 6.54 Å². The van der Waals surface area contributed by atoms with Gasteiger partial charge < -0.3 is 5.32 Å². The van der Waals surface area contributed by atoms with Gasteiger partial charge in [0, 0.05) is 7.89 Å². The van der Waals surface area contributed by atoms with E-state index in [0.717, 1.165) is 18.5 Å². The van der Waals surface area contributed by atoms with Crippen molar-refractivity contribution < 1.29 is 1.37 Å². The second-order valence-corrected chi connectivity index (χ2v) is 3.74. The number of nitrogens with one attached hydrogen (secondary N) is 1. The van der Waals surface area contributed by atoms with Crippen molar-refractivity contribution in [1.29, 1.82) is 0 Å². The monoisotopic (exact) mass is 212 g/mol. The third kappa shape index (κ3) is 3.52. The molecular weight excluding hydrogens is 194 g/mol. The molecule has 0 aliphatic rings. The second kappa shape index (κ2) is 6.09. The SMILES string of the molecule is [2H]C(NCCc1ccccc1)c1ccccc1. The highest BCUT2D eigenvalue weighted by atomic mass is 14.8. The summed E-state index contributed by atoms with van der Waals surface area (Å²) in [5.41, 5.74) is 2.32. The molecule has 82 valence electrons. The van der Waals surface area contributed by atoms with Crippen LogP contribution in [-0.4, -0.2) is 6.54 Å². The van der Waals surface area contributed by atoms with Crippen molar-refractivity contribution in [3.63, 3.8) is 0 Å². The first-order valence-electron chi connectivity index (χ1n) is 6.18. The van der Waals surface area contributed by atoms with Gasteiger partial charge in [0.2, 0.25) is 0 Å². The predicted molar refractivity (Wildman–Crippen MR) is 68.3 cm³/mol. The van der Waals surface area contributed by atoms with Crippen LogP contribution in [0, 0.1) is 0 Å². The molecule has 0 aliphatic carbocycles. The van der Waals surface area contributed by atoms with E-state index in [-0.39, 0.29) is 6.52 Å². The Morgan fingerprint density at radius 3 is 2.00 bits per heavy atom. The van der Waals surface area contributed by atoms with Crippen LogP contribution in [0.3, 0.4) is 0 Å². The molecule has 2 aromatic rings. The molecule has 0 fully saturated rings. The van der Waals surface area contributed by atoms with E-state index in [1.165, 1.54) is 5.56 Å². The average Bonchev–Trinajstić information content (AvgIpc) is 2.41. The van der Waals surface area contributed by atoms with Crippen LogP contribution in [0.2, 0.25) is 0 Å². The van der Waals surface area contributed by atoms with Gasteiger partial charge in [-0.25, -0.2) is 0 Å². The van der Waals surface area contributed by atoms with Gasteiger partial charge >= 0.3 is 0 Å². The summed E-state index contributed by atoms with van der Waals surface area (Å²) in [6.45, 7) is 0.493. The van der Waals surface area contributed by atoms with Gasteiger partial charge in [-0.05, 0) is 24.1 Å². The summed E-state index contributed by atoms with van der Waals surface area (Å²) in [4.78, 5) is 0. The molecule has 0 bridgehead atoms. The Kier molecular flexibility index (Phi) is 3.66. The lowest BCUT2D eigenvalue weighted by Gasteiger charge is -2.04. The fourth-order valence-electron chi connectivity index (χ4n) is 1.60. The molecule has 16 heavy (non-hydrogen) atoms. The van der Waals surface area contributed by atoms with E-state index >= 15 is 0 Å². The summed E-state index contributed by atoms with van der Waals surface area (Å²) in [6, 6.07) is 20.2. The molecule has 0 radical (unpaired) electrons. The fraction of sp³-hybridized carbons (Fsp3) is 0.200. The van der Waals surface area contributed by atoms with Gasteiger partial charge in [0.25, 0.3) is 0 Å². The van der Waals surface area contributed by atoms with Gasteiger partial charge in [-0.2, -0.15) is 0 Å². The normalized spacial score (nSPS) is 13.1. The Hall–Kier alpha value is -1.60. The molecule has 2 rings (SSSR count). The largest absolute Gasteiger partial charge is 0.312 e. The smallest absolute Gasteiger partial charge is 0.0479 e. The minimum absolute atomic E-state index is 0.333. The van der Waals surface area contributed by atoms with Crippen molar-refractivity contribution in [2.24, 2.45) is 0 Å². The second-order valence-electron chi connectivity index (χ2n) is 3.74. The van der Waals surface area contributed by atoms with Crippen molar-refractivity contribution in [2.45, 2.75) is 12.9 Å². The molecule has 0 saturated heterocycles. The molecular formula is C15H17N. The van der Waals surface area contributed by atoms with Crippen LogP contribution in [0.5, 0.6) is 0 Å². The molecule has 1 nitrogen and oxygen atoms in total. The average molecular weight is 212 g/mol. The first-order valence-corrected chi connectivity index (χ1v) is 5.61. The first kappa shape index (κ1) is 9.61. The fourth-order valence-corrected chi connectivity index (χ4v) is 1.60. The van der Waals surface area contributed by atoms with E-state index in [1.807, 2.05) is 48.5 Å². The summed E-state index contributed by atoms with van der Waals surface area (Å²) in [6.07, 6.45) is 0.961. The minimum atomic E-state index is -0.333. The minimum Gasteiger partial charge on any atom is -0.312 e. The molecule has 2 aromatic carbocycles. The Morgan fingerprint density at radius 2 is 1.38 bits per heavy atom. The number of hydrogen-bond donors (Lipinski definition) is 1. The first-order chi connectivity index (χ1) is 8.36. The van der Waals surface area contributed by atoms with E-state index in [4.69, 9.17) is 1.37 Å². The maximum Gasteiger partial charge on any atom is 0.0479 e. The molecule has 1 unspecified atom stereocenters. The van der Waals surface area contributed by atoms with Gasteiger partial charge in [-0.3, -0.25) is 0 Å². The van der Waals surface area contributed by atoms with Crippen LogP contribution >= 0.6 is 0 Å². The molecule has 0 heterocycles. The summed E-state index contributed by atoms with van der Waals surface area (Å²) in [5.74, 6) is 0. The van der Waals surface area contributed by atoms with E-state index in [2.05, 4.69) is 17.4 Å². The highest BCUT2D eigenvalue weighted by molar-refractivity contribution is 5.16. The summed E-state index contributed by atoms with van der Waals surface area (Å²) in [5, 5.41) is 3.21. The van der Waals surface area contributed by atoms with E-state index in [1.54, 1.807) is 0 Å². The Labute approximate surface area is 98.5 Å². The van der Waals surface area contributed by atoms with Crippen LogP contribution < -0.4 is 5.32 Å². The Bertz CT molecular complexity index is 427. The molecule has 0 aliphatic heterocycles. The topological polar surface area (TPSA) is 12.0 Å². The maximum atomic E-state index is 7.97. The Morgan fingerprint density at radius 1 is 0.812 bits per heavy atom. The van der Waals surface area contributed by atoms with Crippen LogP contribution in [0.4, 0.5) is 0 Å². The standard InChI is InChI=1S/C15H17N/c1-3-7-14(8-4-1)11-12-16-13-15-9-5-2-6-10-15/h1-10,16H,11-13H2/i13D. The molecule has 1 atom stereocenters. The van der Waals surface area contributed by atoms with Crippen LogP contribution in [-0.2, 0) is 12.9 Å². The quantitative estimate of drug-likeness (QED) is 0.803. The van der Waals surface area contributed by atoms with Crippen molar-refractivity contribution >= 4 is 0 Å². The Balaban J connectivity index is 1.79. The third-order valence-electron chi connectivity index (χ3n) is 2.47. The molecule has 0 saturated carbocycles. The lowest BCUT2D eigenvalue weighted by Crippen LogP contribution is -2.16. The highest BCUT2D eigenvalue weighted by Crippen LogP contribution is 2.00. The van der Waals surface area contributed by atoms with Crippen LogP contribution in [0.25, 0.3) is 0 Å². The van der Waals surface area contributed by atoms with Gasteiger partial charge in [-0.15, -0.1) is 0 Å². The van der Waals surface area contributed by atoms with E-state index in [9.17, 15) is 0 Å². The molecule has 0 spiro atoms. The third-order valence-corrected chi connectivity index (χ3v) is 2.47.